The Morgan fingerprint density at radius 1 is 1.13 bits per heavy atom. The molecule has 162 valence electrons. The number of esters is 1. The minimum absolute atomic E-state index is 0.137. The third kappa shape index (κ3) is 6.46. The standard InChI is InChI=1S/C21H25Cl2N3O3S/c1-2-3-4-5-9-19(27)28-13-29-20-14-7-6-8-18(14)25-21(26-20)30-12-15-16(22)10-24-11-17(15)23/h10-11H,2-9,12-13H2,1H3. The largest absolute Gasteiger partial charge is 0.440 e. The van der Waals surface area contributed by atoms with E-state index in [9.17, 15) is 4.79 Å². The highest BCUT2D eigenvalue weighted by molar-refractivity contribution is 7.98. The first kappa shape index (κ1) is 23.1. The summed E-state index contributed by atoms with van der Waals surface area (Å²) in [5.41, 5.74) is 2.78. The molecule has 2 heterocycles. The maximum Gasteiger partial charge on any atom is 0.308 e. The van der Waals surface area contributed by atoms with E-state index in [1.54, 1.807) is 12.4 Å². The van der Waals surface area contributed by atoms with Crippen molar-refractivity contribution in [1.82, 2.24) is 15.0 Å². The molecule has 0 aromatic carbocycles. The Hall–Kier alpha value is -1.57. The molecule has 3 rings (SSSR count). The van der Waals surface area contributed by atoms with Crippen LogP contribution in [0.1, 0.15) is 62.3 Å². The van der Waals surface area contributed by atoms with Gasteiger partial charge >= 0.3 is 5.97 Å². The molecular weight excluding hydrogens is 445 g/mol. The number of fused-ring (bicyclic) bond motifs is 1. The lowest BCUT2D eigenvalue weighted by Crippen LogP contribution is -2.12. The van der Waals surface area contributed by atoms with Crippen molar-refractivity contribution in [2.45, 2.75) is 69.2 Å². The van der Waals surface area contributed by atoms with Crippen LogP contribution in [0.5, 0.6) is 5.88 Å². The Morgan fingerprint density at radius 2 is 1.93 bits per heavy atom. The van der Waals surface area contributed by atoms with Crippen molar-refractivity contribution in [3.8, 4) is 5.88 Å². The molecule has 0 radical (unpaired) electrons. The Labute approximate surface area is 191 Å². The second kappa shape index (κ2) is 11.7. The first-order valence-corrected chi connectivity index (χ1v) is 11.9. The molecule has 0 spiro atoms. The molecule has 9 heteroatoms. The van der Waals surface area contributed by atoms with Gasteiger partial charge in [-0.2, -0.15) is 4.98 Å². The Kier molecular flexibility index (Phi) is 9.03. The molecule has 0 saturated heterocycles. The average molecular weight is 470 g/mol. The normalized spacial score (nSPS) is 12.6. The molecule has 0 N–H and O–H groups in total. The highest BCUT2D eigenvalue weighted by atomic mass is 35.5. The van der Waals surface area contributed by atoms with Crippen molar-refractivity contribution in [3.63, 3.8) is 0 Å². The van der Waals surface area contributed by atoms with Crippen LogP contribution in [-0.2, 0) is 28.1 Å². The van der Waals surface area contributed by atoms with E-state index in [0.29, 0.717) is 33.3 Å². The lowest BCUT2D eigenvalue weighted by atomic mass is 10.2. The Bertz CT molecular complexity index is 863. The zero-order valence-electron chi connectivity index (χ0n) is 17.0. The summed E-state index contributed by atoms with van der Waals surface area (Å²) in [5.74, 6) is 0.768. The van der Waals surface area contributed by atoms with Crippen LogP contribution in [0.3, 0.4) is 0 Å². The smallest absolute Gasteiger partial charge is 0.308 e. The van der Waals surface area contributed by atoms with Gasteiger partial charge in [-0.1, -0.05) is 61.1 Å². The number of aryl methyl sites for hydroxylation is 1. The molecule has 1 aliphatic rings. The summed E-state index contributed by atoms with van der Waals surface area (Å²) in [7, 11) is 0. The molecule has 30 heavy (non-hydrogen) atoms. The minimum Gasteiger partial charge on any atom is -0.440 e. The lowest BCUT2D eigenvalue weighted by Gasteiger charge is -2.12. The summed E-state index contributed by atoms with van der Waals surface area (Å²) in [6.07, 6.45) is 10.5. The monoisotopic (exact) mass is 469 g/mol. The molecule has 0 atom stereocenters. The fourth-order valence-corrected chi connectivity index (χ4v) is 4.76. The molecule has 1 aliphatic carbocycles. The van der Waals surface area contributed by atoms with Crippen molar-refractivity contribution in [2.75, 3.05) is 6.79 Å². The summed E-state index contributed by atoms with van der Waals surface area (Å²) in [5, 5.41) is 1.61. The molecule has 0 saturated carbocycles. The molecule has 0 amide bonds. The number of unbranched alkanes of at least 4 members (excludes halogenated alkanes) is 3. The van der Waals surface area contributed by atoms with Crippen LogP contribution in [0, 0.1) is 0 Å². The van der Waals surface area contributed by atoms with Gasteiger partial charge in [0.25, 0.3) is 0 Å². The van der Waals surface area contributed by atoms with Gasteiger partial charge in [0.1, 0.15) is 0 Å². The summed E-state index contributed by atoms with van der Waals surface area (Å²) in [6.45, 7) is 2.00. The summed E-state index contributed by atoms with van der Waals surface area (Å²) >= 11 is 13.8. The Balaban J connectivity index is 1.58. The van der Waals surface area contributed by atoms with Crippen LogP contribution in [0.4, 0.5) is 0 Å². The van der Waals surface area contributed by atoms with Gasteiger partial charge in [-0.3, -0.25) is 9.78 Å². The molecule has 0 aliphatic heterocycles. The van der Waals surface area contributed by atoms with E-state index in [1.165, 1.54) is 11.8 Å². The predicted molar refractivity (Wildman–Crippen MR) is 118 cm³/mol. The SMILES string of the molecule is CCCCCCC(=O)OCOc1nc(SCc2c(Cl)cncc2Cl)nc2c1CCC2. The van der Waals surface area contributed by atoms with Gasteiger partial charge in [0.05, 0.1) is 15.7 Å². The predicted octanol–water partition coefficient (Wildman–Crippen LogP) is 5.81. The summed E-state index contributed by atoms with van der Waals surface area (Å²) in [4.78, 5) is 25.0. The molecule has 2 aromatic rings. The van der Waals surface area contributed by atoms with E-state index in [4.69, 9.17) is 32.7 Å². The minimum atomic E-state index is -0.242. The van der Waals surface area contributed by atoms with Gasteiger partial charge in [-0.15, -0.1) is 0 Å². The highest BCUT2D eigenvalue weighted by Gasteiger charge is 2.21. The topological polar surface area (TPSA) is 74.2 Å². The second-order valence-corrected chi connectivity index (χ2v) is 8.81. The maximum absolute atomic E-state index is 11.9. The molecular formula is C21H25Cl2N3O3S. The van der Waals surface area contributed by atoms with Crippen molar-refractivity contribution < 1.29 is 14.3 Å². The van der Waals surface area contributed by atoms with E-state index >= 15 is 0 Å². The Morgan fingerprint density at radius 3 is 2.70 bits per heavy atom. The van der Waals surface area contributed by atoms with Crippen LogP contribution in [-0.4, -0.2) is 27.7 Å². The molecule has 0 bridgehead atoms. The van der Waals surface area contributed by atoms with Gasteiger partial charge in [0.2, 0.25) is 12.7 Å². The average Bonchev–Trinajstić information content (AvgIpc) is 3.20. The number of ether oxygens (including phenoxy) is 2. The third-order valence-electron chi connectivity index (χ3n) is 4.82. The lowest BCUT2D eigenvalue weighted by molar-refractivity contribution is -0.150. The number of hydrogen-bond donors (Lipinski definition) is 0. The van der Waals surface area contributed by atoms with Gasteiger partial charge in [0, 0.05) is 35.7 Å². The van der Waals surface area contributed by atoms with Gasteiger partial charge < -0.3 is 9.47 Å². The fourth-order valence-electron chi connectivity index (χ4n) is 3.19. The van der Waals surface area contributed by atoms with Crippen LogP contribution in [0.2, 0.25) is 10.0 Å². The number of carbonyl (C=O) groups excluding carboxylic acids is 1. The van der Waals surface area contributed by atoms with Gasteiger partial charge in [-0.05, 0) is 25.7 Å². The fraction of sp³-hybridized carbons (Fsp3) is 0.524. The molecule has 0 fully saturated rings. The van der Waals surface area contributed by atoms with Gasteiger partial charge in [0.15, 0.2) is 5.16 Å². The van der Waals surface area contributed by atoms with Gasteiger partial charge in [-0.25, -0.2) is 4.98 Å². The summed E-state index contributed by atoms with van der Waals surface area (Å²) < 4.78 is 10.9. The second-order valence-electron chi connectivity index (χ2n) is 7.05. The van der Waals surface area contributed by atoms with Crippen molar-refractivity contribution in [1.29, 1.82) is 0 Å². The third-order valence-corrected chi connectivity index (χ3v) is 6.35. The highest BCUT2D eigenvalue weighted by Crippen LogP contribution is 2.33. The van der Waals surface area contributed by atoms with Crippen molar-refractivity contribution in [3.05, 3.63) is 39.3 Å². The number of hydrogen-bond acceptors (Lipinski definition) is 7. The summed E-state index contributed by atoms with van der Waals surface area (Å²) in [6, 6.07) is 0. The number of rotatable bonds is 11. The van der Waals surface area contributed by atoms with Crippen LogP contribution >= 0.6 is 35.0 Å². The number of aromatic nitrogens is 3. The van der Waals surface area contributed by atoms with Crippen LogP contribution in [0.15, 0.2) is 17.6 Å². The van der Waals surface area contributed by atoms with E-state index in [0.717, 1.165) is 61.8 Å². The van der Waals surface area contributed by atoms with E-state index in [-0.39, 0.29) is 12.8 Å². The molecule has 6 nitrogen and oxygen atoms in total. The molecule has 2 aromatic heterocycles. The number of thioether (sulfide) groups is 1. The number of halogens is 2. The van der Waals surface area contributed by atoms with Crippen molar-refractivity contribution >= 4 is 40.9 Å². The van der Waals surface area contributed by atoms with E-state index in [1.807, 2.05) is 0 Å². The first-order valence-electron chi connectivity index (χ1n) is 10.2. The van der Waals surface area contributed by atoms with Crippen LogP contribution in [0.25, 0.3) is 0 Å². The number of carbonyl (C=O) groups is 1. The quantitative estimate of drug-likeness (QED) is 0.135. The van der Waals surface area contributed by atoms with E-state index < -0.39 is 0 Å². The van der Waals surface area contributed by atoms with Crippen molar-refractivity contribution in [2.24, 2.45) is 0 Å². The van der Waals surface area contributed by atoms with Crippen LogP contribution < -0.4 is 4.74 Å². The maximum atomic E-state index is 11.9. The zero-order valence-corrected chi connectivity index (χ0v) is 19.3. The zero-order chi connectivity index (χ0) is 21.3. The van der Waals surface area contributed by atoms with E-state index in [2.05, 4.69) is 21.9 Å². The number of nitrogens with zero attached hydrogens (tertiary/aromatic N) is 3. The molecule has 0 unspecified atom stereocenters. The first-order chi connectivity index (χ1) is 14.6. The number of pyridine rings is 1.